The SMILES string of the molecule is CCOC(=O)COc1ccc(/C=C(\C#N)c2nc(-c3ccc(F)cc3)cs2)cc1OC. The molecule has 0 radical (unpaired) electrons. The number of carbonyl (C=O) groups is 1. The van der Waals surface area contributed by atoms with Gasteiger partial charge in [-0.25, -0.2) is 14.2 Å². The number of ether oxygens (including phenoxy) is 3. The van der Waals surface area contributed by atoms with Gasteiger partial charge in [-0.05, 0) is 55.0 Å². The molecule has 8 heteroatoms. The van der Waals surface area contributed by atoms with E-state index in [1.807, 2.05) is 5.38 Å². The summed E-state index contributed by atoms with van der Waals surface area (Å²) in [5, 5.41) is 12.0. The molecule has 0 spiro atoms. The lowest BCUT2D eigenvalue weighted by molar-refractivity contribution is -0.145. The maximum Gasteiger partial charge on any atom is 0.344 e. The van der Waals surface area contributed by atoms with Crippen molar-refractivity contribution in [2.45, 2.75) is 6.92 Å². The van der Waals surface area contributed by atoms with E-state index >= 15 is 0 Å². The fourth-order valence-corrected chi connectivity index (χ4v) is 3.49. The van der Waals surface area contributed by atoms with Crippen molar-refractivity contribution in [3.8, 4) is 28.8 Å². The molecule has 3 rings (SSSR count). The number of rotatable bonds is 8. The highest BCUT2D eigenvalue weighted by atomic mass is 32.1. The number of hydrogen-bond acceptors (Lipinski definition) is 7. The minimum absolute atomic E-state index is 0.228. The molecule has 0 fully saturated rings. The zero-order valence-corrected chi connectivity index (χ0v) is 17.7. The van der Waals surface area contributed by atoms with Gasteiger partial charge in [0.05, 0.1) is 25.0 Å². The average Bonchev–Trinajstić information content (AvgIpc) is 3.27. The van der Waals surface area contributed by atoms with Crippen molar-refractivity contribution in [2.75, 3.05) is 20.3 Å². The number of esters is 1. The van der Waals surface area contributed by atoms with Gasteiger partial charge in [0.2, 0.25) is 0 Å². The lowest BCUT2D eigenvalue weighted by Crippen LogP contribution is -2.14. The summed E-state index contributed by atoms with van der Waals surface area (Å²) in [6, 6.07) is 13.3. The number of carbonyl (C=O) groups excluding carboxylic acids is 1. The highest BCUT2D eigenvalue weighted by molar-refractivity contribution is 7.11. The lowest BCUT2D eigenvalue weighted by Gasteiger charge is -2.11. The molecule has 0 aliphatic carbocycles. The van der Waals surface area contributed by atoms with Gasteiger partial charge in [0, 0.05) is 10.9 Å². The van der Waals surface area contributed by atoms with Crippen molar-refractivity contribution in [3.05, 3.63) is 64.2 Å². The minimum Gasteiger partial charge on any atom is -0.493 e. The molecule has 0 N–H and O–H groups in total. The van der Waals surface area contributed by atoms with E-state index in [0.29, 0.717) is 33.3 Å². The first-order valence-corrected chi connectivity index (χ1v) is 10.2. The Bertz CT molecular complexity index is 1130. The van der Waals surface area contributed by atoms with E-state index in [4.69, 9.17) is 14.2 Å². The molecular formula is C23H19FN2O4S. The summed E-state index contributed by atoms with van der Waals surface area (Å²) in [6.07, 6.45) is 1.69. The Morgan fingerprint density at radius 1 is 1.23 bits per heavy atom. The van der Waals surface area contributed by atoms with Gasteiger partial charge in [-0.3, -0.25) is 0 Å². The summed E-state index contributed by atoms with van der Waals surface area (Å²) in [4.78, 5) is 16.0. The van der Waals surface area contributed by atoms with Crippen LogP contribution in [-0.2, 0) is 9.53 Å². The highest BCUT2D eigenvalue weighted by Crippen LogP contribution is 2.31. The number of thiazole rings is 1. The van der Waals surface area contributed by atoms with Gasteiger partial charge < -0.3 is 14.2 Å². The molecule has 1 aromatic heterocycles. The molecule has 0 saturated heterocycles. The van der Waals surface area contributed by atoms with Crippen molar-refractivity contribution in [3.63, 3.8) is 0 Å². The van der Waals surface area contributed by atoms with Crippen LogP contribution >= 0.6 is 11.3 Å². The Morgan fingerprint density at radius 3 is 2.68 bits per heavy atom. The Labute approximate surface area is 183 Å². The van der Waals surface area contributed by atoms with Gasteiger partial charge in [-0.1, -0.05) is 6.07 Å². The number of halogens is 1. The molecule has 0 saturated carbocycles. The number of nitriles is 1. The fourth-order valence-electron chi connectivity index (χ4n) is 2.69. The normalized spacial score (nSPS) is 11.0. The van der Waals surface area contributed by atoms with Gasteiger partial charge in [-0.2, -0.15) is 5.26 Å². The van der Waals surface area contributed by atoms with Crippen LogP contribution in [0.25, 0.3) is 22.9 Å². The number of nitrogens with zero attached hydrogens (tertiary/aromatic N) is 2. The fraction of sp³-hybridized carbons (Fsp3) is 0.174. The topological polar surface area (TPSA) is 81.4 Å². The van der Waals surface area contributed by atoms with Crippen molar-refractivity contribution in [2.24, 2.45) is 0 Å². The second-order valence-electron chi connectivity index (χ2n) is 6.22. The molecule has 6 nitrogen and oxygen atoms in total. The third kappa shape index (κ3) is 5.68. The Hall–Kier alpha value is -3.70. The van der Waals surface area contributed by atoms with Gasteiger partial charge in [-0.15, -0.1) is 11.3 Å². The second-order valence-corrected chi connectivity index (χ2v) is 7.08. The first-order valence-electron chi connectivity index (χ1n) is 9.34. The molecular weight excluding hydrogens is 419 g/mol. The number of methoxy groups -OCH3 is 1. The lowest BCUT2D eigenvalue weighted by atomic mass is 10.1. The van der Waals surface area contributed by atoms with E-state index < -0.39 is 5.97 Å². The van der Waals surface area contributed by atoms with Gasteiger partial charge in [0.1, 0.15) is 16.9 Å². The summed E-state index contributed by atoms with van der Waals surface area (Å²) >= 11 is 1.33. The molecule has 0 aliphatic rings. The van der Waals surface area contributed by atoms with E-state index in [2.05, 4.69) is 11.1 Å². The van der Waals surface area contributed by atoms with Gasteiger partial charge in [0.15, 0.2) is 18.1 Å². The van der Waals surface area contributed by atoms with E-state index in [9.17, 15) is 14.4 Å². The van der Waals surface area contributed by atoms with Crippen LogP contribution in [-0.4, -0.2) is 31.3 Å². The number of benzene rings is 2. The molecule has 0 atom stereocenters. The quantitative estimate of drug-likeness (QED) is 0.365. The molecule has 158 valence electrons. The van der Waals surface area contributed by atoms with Crippen LogP contribution < -0.4 is 9.47 Å². The zero-order valence-electron chi connectivity index (χ0n) is 16.9. The highest BCUT2D eigenvalue weighted by Gasteiger charge is 2.12. The summed E-state index contributed by atoms with van der Waals surface area (Å²) in [5.74, 6) is 0.0157. The number of aromatic nitrogens is 1. The van der Waals surface area contributed by atoms with Gasteiger partial charge in [0.25, 0.3) is 0 Å². The summed E-state index contributed by atoms with van der Waals surface area (Å²) < 4.78 is 28.8. The van der Waals surface area contributed by atoms with Crippen LogP contribution in [0.15, 0.2) is 47.8 Å². The van der Waals surface area contributed by atoms with E-state index in [1.54, 1.807) is 43.3 Å². The molecule has 31 heavy (non-hydrogen) atoms. The monoisotopic (exact) mass is 438 g/mol. The summed E-state index contributed by atoms with van der Waals surface area (Å²) in [6.45, 7) is 1.77. The zero-order chi connectivity index (χ0) is 22.2. The van der Waals surface area contributed by atoms with Gasteiger partial charge >= 0.3 is 5.97 Å². The molecule has 1 heterocycles. The van der Waals surface area contributed by atoms with Crippen LogP contribution in [0.5, 0.6) is 11.5 Å². The van der Waals surface area contributed by atoms with Crippen LogP contribution in [0, 0.1) is 17.1 Å². The Balaban J connectivity index is 1.81. The standard InChI is InChI=1S/C23H19FN2O4S/c1-3-29-22(27)13-30-20-9-4-15(11-21(20)28-2)10-17(12-25)23-26-19(14-31-23)16-5-7-18(24)8-6-16/h4-11,14H,3,13H2,1-2H3/b17-10+. The van der Waals surface area contributed by atoms with Crippen LogP contribution in [0.2, 0.25) is 0 Å². The predicted octanol–water partition coefficient (Wildman–Crippen LogP) is 4.96. The molecule has 0 aliphatic heterocycles. The summed E-state index contributed by atoms with van der Waals surface area (Å²) in [5.41, 5.74) is 2.52. The average molecular weight is 438 g/mol. The largest absolute Gasteiger partial charge is 0.493 e. The van der Waals surface area contributed by atoms with Crippen molar-refractivity contribution in [1.29, 1.82) is 5.26 Å². The molecule has 2 aromatic carbocycles. The van der Waals surface area contributed by atoms with E-state index in [-0.39, 0.29) is 19.0 Å². The van der Waals surface area contributed by atoms with E-state index in [0.717, 1.165) is 5.56 Å². The third-order valence-electron chi connectivity index (χ3n) is 4.14. The summed E-state index contributed by atoms with van der Waals surface area (Å²) in [7, 11) is 1.49. The molecule has 0 bridgehead atoms. The number of allylic oxidation sites excluding steroid dienone is 1. The first kappa shape index (κ1) is 22.0. The first-order chi connectivity index (χ1) is 15.0. The van der Waals surface area contributed by atoms with Crippen molar-refractivity contribution in [1.82, 2.24) is 4.98 Å². The third-order valence-corrected chi connectivity index (χ3v) is 5.02. The number of hydrogen-bond donors (Lipinski definition) is 0. The Morgan fingerprint density at radius 2 is 2.00 bits per heavy atom. The molecule has 0 amide bonds. The van der Waals surface area contributed by atoms with Crippen LogP contribution in [0.3, 0.4) is 0 Å². The van der Waals surface area contributed by atoms with Crippen molar-refractivity contribution < 1.29 is 23.4 Å². The minimum atomic E-state index is -0.471. The maximum absolute atomic E-state index is 13.1. The van der Waals surface area contributed by atoms with Crippen LogP contribution in [0.4, 0.5) is 4.39 Å². The molecule has 3 aromatic rings. The van der Waals surface area contributed by atoms with Crippen LogP contribution in [0.1, 0.15) is 17.5 Å². The molecule has 0 unspecified atom stereocenters. The predicted molar refractivity (Wildman–Crippen MR) is 116 cm³/mol. The smallest absolute Gasteiger partial charge is 0.344 e. The van der Waals surface area contributed by atoms with Crippen molar-refractivity contribution >= 4 is 29.0 Å². The van der Waals surface area contributed by atoms with E-state index in [1.165, 1.54) is 30.6 Å². The maximum atomic E-state index is 13.1. The Kier molecular flexibility index (Phi) is 7.35. The second kappa shape index (κ2) is 10.4.